The van der Waals surface area contributed by atoms with Crippen molar-refractivity contribution in [2.24, 2.45) is 0 Å². The third kappa shape index (κ3) is 9.09. The topological polar surface area (TPSA) is 295 Å². The molecule has 21 heteroatoms. The largest absolute Gasteiger partial charge is 0.504 e. The number of aromatic carboxylic acids is 1. The fraction of sp³-hybridized carbons (Fsp3) is 0.136. The highest BCUT2D eigenvalue weighted by Gasteiger charge is 2.25. The molecule has 1 aliphatic rings. The maximum atomic E-state index is 13.3. The highest BCUT2D eigenvalue weighted by Crippen LogP contribution is 2.41. The van der Waals surface area contributed by atoms with Gasteiger partial charge in [0.25, 0.3) is 23.6 Å². The molecule has 0 saturated heterocycles. The molecule has 65 heavy (non-hydrogen) atoms. The first kappa shape index (κ1) is 43.9. The number of nitrogens with zero attached hydrogens (tertiary/aromatic N) is 2. The van der Waals surface area contributed by atoms with Crippen molar-refractivity contribution in [2.45, 2.75) is 13.5 Å². The molecule has 0 fully saturated rings. The van der Waals surface area contributed by atoms with Gasteiger partial charge in [0.05, 0.1) is 60.5 Å². The van der Waals surface area contributed by atoms with Gasteiger partial charge in [-0.15, -0.1) is 0 Å². The van der Waals surface area contributed by atoms with Gasteiger partial charge in [0.1, 0.15) is 16.8 Å². The van der Waals surface area contributed by atoms with Crippen LogP contribution in [0.5, 0.6) is 34.5 Å². The van der Waals surface area contributed by atoms with E-state index in [-0.39, 0.29) is 57.7 Å². The van der Waals surface area contributed by atoms with Crippen LogP contribution >= 0.6 is 0 Å². The number of pyridine rings is 2. The van der Waals surface area contributed by atoms with Crippen LogP contribution in [0, 0.1) is 0 Å². The molecule has 0 unspecified atom stereocenters. The summed E-state index contributed by atoms with van der Waals surface area (Å²) in [6.07, 6.45) is 2.67. The van der Waals surface area contributed by atoms with Crippen molar-refractivity contribution in [3.63, 3.8) is 0 Å². The predicted molar refractivity (Wildman–Crippen MR) is 232 cm³/mol. The zero-order chi connectivity index (χ0) is 46.5. The van der Waals surface area contributed by atoms with Gasteiger partial charge in [-0.25, -0.2) is 9.78 Å². The van der Waals surface area contributed by atoms with E-state index in [0.717, 1.165) is 13.2 Å². The smallest absolute Gasteiger partial charge is 0.339 e. The van der Waals surface area contributed by atoms with Crippen LogP contribution in [-0.4, -0.2) is 87.9 Å². The van der Waals surface area contributed by atoms with E-state index in [2.05, 4.69) is 31.6 Å². The number of benzene rings is 4. The standard InChI is InChI=1S/C44H37N7O14/c1-4-51-19-27(35(53)26-15-32-33(16-31(26)51)65-20-64-32)42(58)48-22-7-5-21(6-8-22)40(56)46-18-34(52)47-23-9-12-30(45-17-23)43(59)50-29-13-10-24(36(54)38(29)62-2)41(57)49-28-14-11-25(44(60)61)37(55)39(28)63-3/h5-17,19,54-55H,4,18,20H2,1-3H3,(H,46,56)(H,47,52)(H,48,58)(H,49,57)(H,50,59)(H,60,61). The minimum absolute atomic E-state index is 0.0299. The fourth-order valence-electron chi connectivity index (χ4n) is 6.66. The fourth-order valence-corrected chi connectivity index (χ4v) is 6.66. The molecule has 21 nitrogen and oxygen atoms in total. The van der Waals surface area contributed by atoms with Gasteiger partial charge in [-0.3, -0.25) is 28.8 Å². The van der Waals surface area contributed by atoms with E-state index >= 15 is 0 Å². The maximum absolute atomic E-state index is 13.3. The number of carbonyl (C=O) groups excluding carboxylic acids is 5. The Bertz CT molecular complexity index is 2990. The van der Waals surface area contributed by atoms with Crippen LogP contribution in [0.1, 0.15) is 58.8 Å². The Morgan fingerprint density at radius 3 is 1.92 bits per heavy atom. The van der Waals surface area contributed by atoms with Gasteiger partial charge in [-0.2, -0.15) is 0 Å². The summed E-state index contributed by atoms with van der Waals surface area (Å²) in [5, 5.41) is 43.4. The highest BCUT2D eigenvalue weighted by atomic mass is 16.7. The van der Waals surface area contributed by atoms with Crippen molar-refractivity contribution < 1.29 is 63.0 Å². The van der Waals surface area contributed by atoms with E-state index in [4.69, 9.17) is 18.9 Å². The number of ether oxygens (including phenoxy) is 4. The molecular weight excluding hydrogens is 851 g/mol. The number of phenols is 2. The molecule has 1 aliphatic heterocycles. The van der Waals surface area contributed by atoms with Crippen LogP contribution in [0.2, 0.25) is 0 Å². The Hall–Kier alpha value is -9.14. The second-order valence-corrected chi connectivity index (χ2v) is 13.9. The quantitative estimate of drug-likeness (QED) is 0.0752. The molecule has 5 amide bonds. The van der Waals surface area contributed by atoms with Crippen LogP contribution in [0.3, 0.4) is 0 Å². The maximum Gasteiger partial charge on any atom is 0.339 e. The number of hydrogen-bond acceptors (Lipinski definition) is 14. The molecule has 2 aromatic heterocycles. The first-order valence-corrected chi connectivity index (χ1v) is 19.3. The van der Waals surface area contributed by atoms with Gasteiger partial charge in [0.2, 0.25) is 18.1 Å². The van der Waals surface area contributed by atoms with Crippen LogP contribution in [0.4, 0.5) is 22.7 Å². The molecule has 6 aromatic rings. The van der Waals surface area contributed by atoms with Crippen molar-refractivity contribution in [1.29, 1.82) is 0 Å². The van der Waals surface area contributed by atoms with Gasteiger partial charge < -0.3 is 65.4 Å². The average Bonchev–Trinajstić information content (AvgIpc) is 3.76. The number of amides is 5. The first-order chi connectivity index (χ1) is 31.2. The zero-order valence-corrected chi connectivity index (χ0v) is 34.4. The summed E-state index contributed by atoms with van der Waals surface area (Å²) in [4.78, 5) is 93.7. The number of fused-ring (bicyclic) bond motifs is 2. The lowest BCUT2D eigenvalue weighted by Gasteiger charge is -2.16. The molecule has 3 heterocycles. The Kier molecular flexibility index (Phi) is 12.5. The Morgan fingerprint density at radius 2 is 1.31 bits per heavy atom. The molecule has 0 atom stereocenters. The van der Waals surface area contributed by atoms with Crippen molar-refractivity contribution in [3.8, 4) is 34.5 Å². The predicted octanol–water partition coefficient (Wildman–Crippen LogP) is 4.40. The average molecular weight is 888 g/mol. The summed E-state index contributed by atoms with van der Waals surface area (Å²) < 4.78 is 22.9. The van der Waals surface area contributed by atoms with Crippen LogP contribution in [0.25, 0.3) is 10.9 Å². The molecule has 7 rings (SSSR count). The van der Waals surface area contributed by atoms with Crippen LogP contribution in [0.15, 0.2) is 90.0 Å². The summed E-state index contributed by atoms with van der Waals surface area (Å²) >= 11 is 0. The molecule has 332 valence electrons. The molecule has 0 aliphatic carbocycles. The third-order valence-electron chi connectivity index (χ3n) is 9.90. The van der Waals surface area contributed by atoms with E-state index < -0.39 is 64.5 Å². The molecule has 0 bridgehead atoms. The Balaban J connectivity index is 0.912. The van der Waals surface area contributed by atoms with Crippen molar-refractivity contribution in [3.05, 3.63) is 123 Å². The zero-order valence-electron chi connectivity index (χ0n) is 34.4. The summed E-state index contributed by atoms with van der Waals surface area (Å²) in [6, 6.07) is 16.4. The van der Waals surface area contributed by atoms with Gasteiger partial charge in [0.15, 0.2) is 34.5 Å². The third-order valence-corrected chi connectivity index (χ3v) is 9.90. The molecular formula is C44H37N7O14. The van der Waals surface area contributed by atoms with E-state index in [1.54, 1.807) is 16.7 Å². The number of aryl methyl sites for hydroxylation is 1. The van der Waals surface area contributed by atoms with Crippen molar-refractivity contribution >= 4 is 69.2 Å². The first-order valence-electron chi connectivity index (χ1n) is 19.3. The molecule has 0 radical (unpaired) electrons. The van der Waals surface area contributed by atoms with Crippen LogP contribution < -0.4 is 51.0 Å². The molecule has 0 saturated carbocycles. The lowest BCUT2D eigenvalue weighted by atomic mass is 10.1. The summed E-state index contributed by atoms with van der Waals surface area (Å²) in [5.41, 5.74) is -0.331. The van der Waals surface area contributed by atoms with Crippen molar-refractivity contribution in [2.75, 3.05) is 48.8 Å². The number of rotatable bonds is 14. The summed E-state index contributed by atoms with van der Waals surface area (Å²) in [7, 11) is 2.34. The summed E-state index contributed by atoms with van der Waals surface area (Å²) in [5.74, 6) is -6.02. The normalized spacial score (nSPS) is 11.3. The number of anilines is 4. The van der Waals surface area contributed by atoms with Gasteiger partial charge >= 0.3 is 5.97 Å². The van der Waals surface area contributed by atoms with E-state index in [1.807, 2.05) is 6.92 Å². The number of aromatic nitrogens is 2. The SMILES string of the molecule is CCn1cc(C(=O)Nc2ccc(C(=O)NCC(=O)Nc3ccc(C(=O)Nc4ccc(C(=O)Nc5ccc(C(=O)O)c(O)c5OC)c(O)c4OC)nc3)cc2)c(=O)c2cc3c(cc21)OCO3. The molecule has 8 N–H and O–H groups in total. The number of phenolic OH excluding ortho intramolecular Hbond substituents is 1. The number of hydrogen-bond donors (Lipinski definition) is 8. The van der Waals surface area contributed by atoms with Crippen molar-refractivity contribution in [1.82, 2.24) is 14.9 Å². The number of carboxylic acids is 1. The minimum atomic E-state index is -1.43. The second-order valence-electron chi connectivity index (χ2n) is 13.9. The number of carboxylic acid groups (broad SMARTS) is 1. The summed E-state index contributed by atoms with van der Waals surface area (Å²) in [6.45, 7) is 1.94. The Morgan fingerprint density at radius 1 is 0.708 bits per heavy atom. The van der Waals surface area contributed by atoms with E-state index in [0.29, 0.717) is 34.6 Å². The number of aromatic hydroxyl groups is 2. The van der Waals surface area contributed by atoms with Crippen LogP contribution in [-0.2, 0) is 11.3 Å². The second kappa shape index (κ2) is 18.5. The van der Waals surface area contributed by atoms with E-state index in [9.17, 15) is 48.9 Å². The lowest BCUT2D eigenvalue weighted by Crippen LogP contribution is -2.32. The number of carbonyl (C=O) groups is 6. The number of nitrogens with one attached hydrogen (secondary N) is 5. The number of methoxy groups -OCH3 is 2. The van der Waals surface area contributed by atoms with E-state index in [1.165, 1.54) is 74.1 Å². The molecule has 0 spiro atoms. The van der Waals surface area contributed by atoms with Gasteiger partial charge in [-0.1, -0.05) is 0 Å². The monoisotopic (exact) mass is 887 g/mol. The Labute approximate surface area is 366 Å². The minimum Gasteiger partial charge on any atom is -0.504 e. The van der Waals surface area contributed by atoms with Gasteiger partial charge in [-0.05, 0) is 73.7 Å². The molecule has 4 aromatic carbocycles. The lowest BCUT2D eigenvalue weighted by molar-refractivity contribution is -0.115. The highest BCUT2D eigenvalue weighted by molar-refractivity contribution is 6.10. The van der Waals surface area contributed by atoms with Gasteiger partial charge in [0, 0.05) is 30.1 Å².